The van der Waals surface area contributed by atoms with E-state index < -0.39 is 10.2 Å². The largest absolute Gasteiger partial charge is 0.325 e. The molecule has 0 saturated heterocycles. The maximum Gasteiger partial charge on any atom is 0.271 e. The van der Waals surface area contributed by atoms with Crippen LogP contribution in [-0.2, 0) is 11.2 Å². The van der Waals surface area contributed by atoms with Gasteiger partial charge in [-0.1, -0.05) is 49.0 Å². The number of carbonyl (C=O) groups is 1. The number of benzene rings is 3. The van der Waals surface area contributed by atoms with Gasteiger partial charge in [0.05, 0.1) is 26.8 Å². The Morgan fingerprint density at radius 1 is 1.12 bits per heavy atom. The number of nitro benzene ring substituents is 1. The van der Waals surface area contributed by atoms with Crippen molar-refractivity contribution >= 4 is 39.9 Å². The van der Waals surface area contributed by atoms with Crippen molar-refractivity contribution in [1.29, 1.82) is 0 Å². The molecule has 0 spiro atoms. The number of nitrogens with one attached hydrogen (secondary N) is 1. The number of para-hydroxylation sites is 1. The number of fused-ring (bicyclic) bond motifs is 1. The number of carbonyl (C=O) groups excluding carboxylic acids is 1. The van der Waals surface area contributed by atoms with Crippen LogP contribution >= 0.6 is 11.8 Å². The van der Waals surface area contributed by atoms with Crippen LogP contribution in [0.3, 0.4) is 0 Å². The van der Waals surface area contributed by atoms with Gasteiger partial charge in [-0.15, -0.1) is 0 Å². The fourth-order valence-electron chi connectivity index (χ4n) is 3.45. The number of anilines is 1. The standard InChI is InChI=1S/C25H22N4O4S/c1-3-17-11-13-19(14-12-17)28-24(31)21-9-4-5-10-22(21)27-25(28)34-16(2)23(30)26-18-7-6-8-20(15-18)29(32)33/h4-16H,3H2,1-2H3,(H,26,30). The molecule has 1 atom stereocenters. The summed E-state index contributed by atoms with van der Waals surface area (Å²) in [5.41, 5.74) is 2.34. The molecule has 4 rings (SSSR count). The summed E-state index contributed by atoms with van der Waals surface area (Å²) in [5, 5.41) is 14.0. The first-order valence-electron chi connectivity index (χ1n) is 10.7. The minimum Gasteiger partial charge on any atom is -0.325 e. The van der Waals surface area contributed by atoms with Crippen LogP contribution in [0.2, 0.25) is 0 Å². The van der Waals surface area contributed by atoms with Gasteiger partial charge in [0, 0.05) is 17.8 Å². The number of amides is 1. The van der Waals surface area contributed by atoms with E-state index in [1.807, 2.05) is 30.3 Å². The second-order valence-corrected chi connectivity index (χ2v) is 8.94. The van der Waals surface area contributed by atoms with Gasteiger partial charge in [0.25, 0.3) is 11.2 Å². The van der Waals surface area contributed by atoms with Gasteiger partial charge >= 0.3 is 0 Å². The minimum absolute atomic E-state index is 0.112. The highest BCUT2D eigenvalue weighted by Gasteiger charge is 2.21. The summed E-state index contributed by atoms with van der Waals surface area (Å²) < 4.78 is 1.52. The lowest BCUT2D eigenvalue weighted by atomic mass is 10.1. The number of nitrogens with zero attached hydrogens (tertiary/aromatic N) is 3. The first-order valence-corrected chi connectivity index (χ1v) is 11.6. The van der Waals surface area contributed by atoms with E-state index in [-0.39, 0.29) is 17.2 Å². The number of aryl methyl sites for hydroxylation is 1. The van der Waals surface area contributed by atoms with E-state index >= 15 is 0 Å². The van der Waals surface area contributed by atoms with Crippen molar-refractivity contribution in [2.75, 3.05) is 5.32 Å². The van der Waals surface area contributed by atoms with Crippen LogP contribution in [0.4, 0.5) is 11.4 Å². The molecule has 0 radical (unpaired) electrons. The monoisotopic (exact) mass is 474 g/mol. The van der Waals surface area contributed by atoms with Crippen LogP contribution in [0.15, 0.2) is 82.7 Å². The van der Waals surface area contributed by atoms with Crippen molar-refractivity contribution in [3.05, 3.63) is 98.8 Å². The van der Waals surface area contributed by atoms with Crippen molar-refractivity contribution in [2.45, 2.75) is 30.7 Å². The van der Waals surface area contributed by atoms with Crippen molar-refractivity contribution < 1.29 is 9.72 Å². The third-order valence-corrected chi connectivity index (χ3v) is 6.38. The third-order valence-electron chi connectivity index (χ3n) is 5.32. The summed E-state index contributed by atoms with van der Waals surface area (Å²) in [6.07, 6.45) is 0.877. The molecule has 1 amide bonds. The van der Waals surface area contributed by atoms with E-state index in [1.165, 1.54) is 22.8 Å². The smallest absolute Gasteiger partial charge is 0.271 e. The van der Waals surface area contributed by atoms with Gasteiger partial charge in [0.2, 0.25) is 5.91 Å². The Balaban J connectivity index is 1.68. The highest BCUT2D eigenvalue weighted by molar-refractivity contribution is 8.00. The zero-order valence-corrected chi connectivity index (χ0v) is 19.4. The first kappa shape index (κ1) is 23.2. The van der Waals surface area contributed by atoms with Gasteiger partial charge in [-0.3, -0.25) is 24.3 Å². The van der Waals surface area contributed by atoms with E-state index in [0.717, 1.165) is 23.7 Å². The summed E-state index contributed by atoms with van der Waals surface area (Å²) in [6, 6.07) is 20.5. The van der Waals surface area contributed by atoms with Gasteiger partial charge in [-0.05, 0) is 49.2 Å². The van der Waals surface area contributed by atoms with Crippen LogP contribution in [0.25, 0.3) is 16.6 Å². The molecule has 3 aromatic carbocycles. The minimum atomic E-state index is -0.631. The number of rotatable bonds is 7. The molecule has 172 valence electrons. The highest BCUT2D eigenvalue weighted by atomic mass is 32.2. The number of nitro groups is 1. The Morgan fingerprint density at radius 3 is 2.56 bits per heavy atom. The molecule has 0 saturated carbocycles. The molecule has 1 N–H and O–H groups in total. The predicted octanol–water partition coefficient (Wildman–Crippen LogP) is 4.98. The van der Waals surface area contributed by atoms with Gasteiger partial charge in [0.15, 0.2) is 5.16 Å². The lowest BCUT2D eigenvalue weighted by Gasteiger charge is -2.17. The van der Waals surface area contributed by atoms with E-state index in [4.69, 9.17) is 0 Å². The van der Waals surface area contributed by atoms with Crippen LogP contribution < -0.4 is 10.9 Å². The van der Waals surface area contributed by atoms with Crippen LogP contribution in [0, 0.1) is 10.1 Å². The highest BCUT2D eigenvalue weighted by Crippen LogP contribution is 2.26. The average molecular weight is 475 g/mol. The fourth-order valence-corrected chi connectivity index (χ4v) is 4.38. The lowest BCUT2D eigenvalue weighted by Crippen LogP contribution is -2.26. The van der Waals surface area contributed by atoms with E-state index in [9.17, 15) is 19.7 Å². The number of hydrogen-bond donors (Lipinski definition) is 1. The topological polar surface area (TPSA) is 107 Å². The maximum absolute atomic E-state index is 13.4. The molecule has 4 aromatic rings. The van der Waals surface area contributed by atoms with Crippen LogP contribution in [0.5, 0.6) is 0 Å². The van der Waals surface area contributed by atoms with Crippen LogP contribution in [0.1, 0.15) is 19.4 Å². The van der Waals surface area contributed by atoms with Crippen molar-refractivity contribution in [1.82, 2.24) is 9.55 Å². The molecule has 8 nitrogen and oxygen atoms in total. The summed E-state index contributed by atoms with van der Waals surface area (Å²) in [4.78, 5) is 41.4. The zero-order chi connectivity index (χ0) is 24.2. The van der Waals surface area contributed by atoms with Gasteiger partial charge < -0.3 is 5.32 Å². The predicted molar refractivity (Wildman–Crippen MR) is 134 cm³/mol. The molecular formula is C25H22N4O4S. The van der Waals surface area contributed by atoms with Gasteiger partial charge in [-0.25, -0.2) is 4.98 Å². The van der Waals surface area contributed by atoms with E-state index in [1.54, 1.807) is 31.2 Å². The molecule has 0 aliphatic heterocycles. The maximum atomic E-state index is 13.4. The number of aromatic nitrogens is 2. The normalized spacial score (nSPS) is 11.8. The quantitative estimate of drug-likeness (QED) is 0.175. The summed E-state index contributed by atoms with van der Waals surface area (Å²) in [7, 11) is 0. The van der Waals surface area contributed by atoms with Crippen molar-refractivity contribution in [2.24, 2.45) is 0 Å². The van der Waals surface area contributed by atoms with Crippen LogP contribution in [-0.4, -0.2) is 25.6 Å². The summed E-state index contributed by atoms with van der Waals surface area (Å²) in [5.74, 6) is -0.360. The van der Waals surface area contributed by atoms with Crippen molar-refractivity contribution in [3.8, 4) is 5.69 Å². The molecule has 0 aliphatic rings. The molecular weight excluding hydrogens is 452 g/mol. The summed E-state index contributed by atoms with van der Waals surface area (Å²) in [6.45, 7) is 3.75. The molecule has 0 aliphatic carbocycles. The first-order chi connectivity index (χ1) is 16.4. The molecule has 1 heterocycles. The molecule has 1 unspecified atom stereocenters. The van der Waals surface area contributed by atoms with E-state index in [0.29, 0.717) is 27.4 Å². The number of hydrogen-bond acceptors (Lipinski definition) is 6. The molecule has 1 aromatic heterocycles. The molecule has 34 heavy (non-hydrogen) atoms. The summed E-state index contributed by atoms with van der Waals surface area (Å²) >= 11 is 1.15. The molecule has 0 fully saturated rings. The van der Waals surface area contributed by atoms with Gasteiger partial charge in [0.1, 0.15) is 0 Å². The van der Waals surface area contributed by atoms with Gasteiger partial charge in [-0.2, -0.15) is 0 Å². The lowest BCUT2D eigenvalue weighted by molar-refractivity contribution is -0.384. The Kier molecular flexibility index (Phi) is 6.74. The second kappa shape index (κ2) is 9.88. The molecule has 9 heteroatoms. The van der Waals surface area contributed by atoms with Crippen molar-refractivity contribution in [3.63, 3.8) is 0 Å². The molecule has 0 bridgehead atoms. The Labute approximate surface area is 199 Å². The Bertz CT molecular complexity index is 1430. The Hall–Kier alpha value is -3.98. The SMILES string of the molecule is CCc1ccc(-n2c(SC(C)C(=O)Nc3cccc([N+](=O)[O-])c3)nc3ccccc3c2=O)cc1. The number of non-ortho nitro benzene ring substituents is 1. The average Bonchev–Trinajstić information content (AvgIpc) is 2.84. The fraction of sp³-hybridized carbons (Fsp3) is 0.160. The van der Waals surface area contributed by atoms with E-state index in [2.05, 4.69) is 17.2 Å². The zero-order valence-electron chi connectivity index (χ0n) is 18.6. The Morgan fingerprint density at radius 2 is 1.85 bits per heavy atom. The number of thioether (sulfide) groups is 1. The third kappa shape index (κ3) is 4.84. The second-order valence-electron chi connectivity index (χ2n) is 7.63.